The van der Waals surface area contributed by atoms with Gasteiger partial charge in [-0.25, -0.2) is 0 Å². The zero-order valence-electron chi connectivity index (χ0n) is 9.52. The average Bonchev–Trinajstić information content (AvgIpc) is 2.28. The third-order valence-electron chi connectivity index (χ3n) is 2.50. The number of carbonyl (C=O) groups is 1. The first-order valence-electron chi connectivity index (χ1n) is 5.54. The Hall–Kier alpha value is -1.58. The van der Waals surface area contributed by atoms with Gasteiger partial charge < -0.3 is 10.4 Å². The molecule has 88 valence electrons. The zero-order valence-corrected chi connectivity index (χ0v) is 9.52. The number of aromatic nitrogens is 1. The number of nitrogens with one attached hydrogen (secondary N) is 1. The molecule has 1 atom stereocenters. The second kappa shape index (κ2) is 6.82. The average molecular weight is 222 g/mol. The van der Waals surface area contributed by atoms with E-state index < -0.39 is 5.97 Å². The maximum absolute atomic E-state index is 10.4. The molecular formula is C12H18N2O2. The van der Waals surface area contributed by atoms with Gasteiger partial charge in [-0.1, -0.05) is 6.92 Å². The van der Waals surface area contributed by atoms with Crippen molar-refractivity contribution < 1.29 is 9.90 Å². The molecule has 0 amide bonds. The summed E-state index contributed by atoms with van der Waals surface area (Å²) >= 11 is 0. The second-order valence-corrected chi connectivity index (χ2v) is 3.99. The predicted octanol–water partition coefficient (Wildman–Crippen LogP) is 2.38. The van der Waals surface area contributed by atoms with Gasteiger partial charge in [0, 0.05) is 31.0 Å². The minimum absolute atomic E-state index is 0.260. The molecule has 1 unspecified atom stereocenters. The zero-order chi connectivity index (χ0) is 11.8. The van der Waals surface area contributed by atoms with Gasteiger partial charge in [-0.3, -0.25) is 9.78 Å². The van der Waals surface area contributed by atoms with Gasteiger partial charge in [0.15, 0.2) is 0 Å². The van der Waals surface area contributed by atoms with Crippen molar-refractivity contribution in [2.24, 2.45) is 5.92 Å². The third-order valence-corrected chi connectivity index (χ3v) is 2.50. The molecular weight excluding hydrogens is 204 g/mol. The molecule has 1 aromatic rings. The van der Waals surface area contributed by atoms with Crippen molar-refractivity contribution in [3.63, 3.8) is 0 Å². The van der Waals surface area contributed by atoms with Crippen molar-refractivity contribution in [3.05, 3.63) is 24.5 Å². The number of anilines is 1. The first-order chi connectivity index (χ1) is 7.68. The van der Waals surface area contributed by atoms with Crippen molar-refractivity contribution >= 4 is 11.7 Å². The molecule has 1 aromatic heterocycles. The van der Waals surface area contributed by atoms with E-state index in [2.05, 4.69) is 17.2 Å². The normalized spacial score (nSPS) is 12.1. The molecule has 0 bridgehead atoms. The third kappa shape index (κ3) is 5.34. The van der Waals surface area contributed by atoms with Crippen LogP contribution in [0.25, 0.3) is 0 Å². The molecule has 0 spiro atoms. The van der Waals surface area contributed by atoms with E-state index in [4.69, 9.17) is 5.11 Å². The minimum Gasteiger partial charge on any atom is -0.481 e. The maximum Gasteiger partial charge on any atom is 0.303 e. The summed E-state index contributed by atoms with van der Waals surface area (Å²) in [5, 5.41) is 11.8. The molecule has 0 aliphatic rings. The van der Waals surface area contributed by atoms with Crippen molar-refractivity contribution in [1.82, 2.24) is 4.98 Å². The standard InChI is InChI=1S/C12H18N2O2/c1-10(2-3-12(15)16)4-9-14-11-5-7-13-8-6-11/h5-8,10H,2-4,9H2,1H3,(H,13,14)(H,15,16). The highest BCUT2D eigenvalue weighted by molar-refractivity contribution is 5.66. The van der Waals surface area contributed by atoms with E-state index in [-0.39, 0.29) is 6.42 Å². The van der Waals surface area contributed by atoms with Gasteiger partial charge in [0.2, 0.25) is 0 Å². The van der Waals surface area contributed by atoms with Crippen LogP contribution in [0, 0.1) is 5.92 Å². The lowest BCUT2D eigenvalue weighted by Crippen LogP contribution is -2.08. The highest BCUT2D eigenvalue weighted by atomic mass is 16.4. The first-order valence-corrected chi connectivity index (χ1v) is 5.54. The van der Waals surface area contributed by atoms with Crippen molar-refractivity contribution in [2.45, 2.75) is 26.2 Å². The summed E-state index contributed by atoms with van der Waals surface area (Å²) in [6, 6.07) is 3.84. The molecule has 4 nitrogen and oxygen atoms in total. The van der Waals surface area contributed by atoms with Crippen LogP contribution in [0.3, 0.4) is 0 Å². The molecule has 0 saturated carbocycles. The monoisotopic (exact) mass is 222 g/mol. The molecule has 1 heterocycles. The summed E-state index contributed by atoms with van der Waals surface area (Å²) < 4.78 is 0. The Balaban J connectivity index is 2.13. The van der Waals surface area contributed by atoms with Crippen molar-refractivity contribution in [1.29, 1.82) is 0 Å². The van der Waals surface area contributed by atoms with Crippen LogP contribution >= 0.6 is 0 Å². The number of aliphatic carboxylic acids is 1. The highest BCUT2D eigenvalue weighted by Gasteiger charge is 2.04. The number of hydrogen-bond donors (Lipinski definition) is 2. The van der Waals surface area contributed by atoms with E-state index in [0.29, 0.717) is 5.92 Å². The number of carboxylic acid groups (broad SMARTS) is 1. The molecule has 16 heavy (non-hydrogen) atoms. The van der Waals surface area contributed by atoms with E-state index in [9.17, 15) is 4.79 Å². The smallest absolute Gasteiger partial charge is 0.303 e. The van der Waals surface area contributed by atoms with E-state index in [1.165, 1.54) is 0 Å². The Morgan fingerprint density at radius 2 is 2.12 bits per heavy atom. The molecule has 0 radical (unpaired) electrons. The van der Waals surface area contributed by atoms with Crippen LogP contribution in [0.4, 0.5) is 5.69 Å². The van der Waals surface area contributed by atoms with Crippen LogP contribution in [-0.2, 0) is 4.79 Å². The Labute approximate surface area is 95.7 Å². The molecule has 2 N–H and O–H groups in total. The van der Waals surface area contributed by atoms with Gasteiger partial charge in [0.05, 0.1) is 0 Å². The Bertz CT molecular complexity index is 314. The van der Waals surface area contributed by atoms with Crippen LogP contribution in [-0.4, -0.2) is 22.6 Å². The van der Waals surface area contributed by atoms with Gasteiger partial charge in [-0.2, -0.15) is 0 Å². The van der Waals surface area contributed by atoms with E-state index in [1.54, 1.807) is 12.4 Å². The molecule has 4 heteroatoms. The second-order valence-electron chi connectivity index (χ2n) is 3.99. The number of carboxylic acids is 1. The first kappa shape index (κ1) is 12.5. The maximum atomic E-state index is 10.4. The summed E-state index contributed by atoms with van der Waals surface area (Å²) in [6.45, 7) is 2.95. The van der Waals surface area contributed by atoms with Gasteiger partial charge in [-0.05, 0) is 30.9 Å². The van der Waals surface area contributed by atoms with Gasteiger partial charge in [-0.15, -0.1) is 0 Å². The number of nitrogens with zero attached hydrogens (tertiary/aromatic N) is 1. The summed E-state index contributed by atoms with van der Waals surface area (Å²) in [5.41, 5.74) is 1.06. The lowest BCUT2D eigenvalue weighted by Gasteiger charge is -2.11. The quantitative estimate of drug-likeness (QED) is 0.743. The van der Waals surface area contributed by atoms with Crippen LogP contribution in [0.1, 0.15) is 26.2 Å². The highest BCUT2D eigenvalue weighted by Crippen LogP contribution is 2.11. The Morgan fingerprint density at radius 1 is 1.44 bits per heavy atom. The van der Waals surface area contributed by atoms with Crippen LogP contribution in [0.5, 0.6) is 0 Å². The minimum atomic E-state index is -0.714. The molecule has 0 aliphatic heterocycles. The molecule has 1 rings (SSSR count). The van der Waals surface area contributed by atoms with Crippen LogP contribution < -0.4 is 5.32 Å². The lowest BCUT2D eigenvalue weighted by atomic mass is 10.0. The fourth-order valence-corrected chi connectivity index (χ4v) is 1.45. The van der Waals surface area contributed by atoms with Gasteiger partial charge >= 0.3 is 5.97 Å². The fraction of sp³-hybridized carbons (Fsp3) is 0.500. The summed E-state index contributed by atoms with van der Waals surface area (Å²) in [4.78, 5) is 14.3. The summed E-state index contributed by atoms with van der Waals surface area (Å²) in [5.74, 6) is -0.278. The largest absolute Gasteiger partial charge is 0.481 e. The number of hydrogen-bond acceptors (Lipinski definition) is 3. The number of pyridine rings is 1. The SMILES string of the molecule is CC(CCNc1ccncc1)CCC(=O)O. The summed E-state index contributed by atoms with van der Waals surface area (Å²) in [6.07, 6.45) is 5.48. The van der Waals surface area contributed by atoms with Gasteiger partial charge in [0.1, 0.15) is 0 Å². The van der Waals surface area contributed by atoms with Crippen molar-refractivity contribution in [2.75, 3.05) is 11.9 Å². The van der Waals surface area contributed by atoms with E-state index in [1.807, 2.05) is 12.1 Å². The van der Waals surface area contributed by atoms with Crippen LogP contribution in [0.2, 0.25) is 0 Å². The molecule has 0 aliphatic carbocycles. The van der Waals surface area contributed by atoms with Crippen molar-refractivity contribution in [3.8, 4) is 0 Å². The molecule has 0 saturated heterocycles. The lowest BCUT2D eigenvalue weighted by molar-refractivity contribution is -0.137. The Kier molecular flexibility index (Phi) is 5.32. The van der Waals surface area contributed by atoms with E-state index in [0.717, 1.165) is 25.1 Å². The summed E-state index contributed by atoms with van der Waals surface area (Å²) in [7, 11) is 0. The Morgan fingerprint density at radius 3 is 2.75 bits per heavy atom. The van der Waals surface area contributed by atoms with Crippen LogP contribution in [0.15, 0.2) is 24.5 Å². The fourth-order valence-electron chi connectivity index (χ4n) is 1.45. The van der Waals surface area contributed by atoms with Gasteiger partial charge in [0.25, 0.3) is 0 Å². The molecule has 0 fully saturated rings. The predicted molar refractivity (Wildman–Crippen MR) is 63.4 cm³/mol. The topological polar surface area (TPSA) is 62.2 Å². The molecule has 0 aromatic carbocycles. The van der Waals surface area contributed by atoms with E-state index >= 15 is 0 Å². The number of rotatable bonds is 7.